The molecule has 1 aromatic carbocycles. The molecule has 0 radical (unpaired) electrons. The van der Waals surface area contributed by atoms with Gasteiger partial charge in [-0.15, -0.1) is 0 Å². The number of nitrogen functional groups attached to an aromatic ring is 1. The minimum Gasteiger partial charge on any atom is -0.465 e. The fourth-order valence-corrected chi connectivity index (χ4v) is 2.70. The Kier molecular flexibility index (Phi) is 3.90. The maximum Gasteiger partial charge on any atom is 0.337 e. The summed E-state index contributed by atoms with van der Waals surface area (Å²) in [5.74, 6) is -0.355. The Morgan fingerprint density at radius 3 is 2.80 bits per heavy atom. The van der Waals surface area contributed by atoms with Gasteiger partial charge < -0.3 is 20.1 Å². The minimum atomic E-state index is -0.355. The van der Waals surface area contributed by atoms with E-state index in [-0.39, 0.29) is 17.7 Å². The summed E-state index contributed by atoms with van der Waals surface area (Å²) in [7, 11) is 1.37. The third-order valence-electron chi connectivity index (χ3n) is 3.36. The summed E-state index contributed by atoms with van der Waals surface area (Å²) < 4.78 is 10.6. The monoisotopic (exact) mass is 278 g/mol. The Morgan fingerprint density at radius 2 is 2.20 bits per heavy atom. The van der Waals surface area contributed by atoms with Crippen LogP contribution in [-0.2, 0) is 9.47 Å². The molecule has 0 amide bonds. The van der Waals surface area contributed by atoms with E-state index in [0.717, 1.165) is 18.8 Å². The molecule has 0 saturated carbocycles. The molecule has 1 aliphatic heterocycles. The van der Waals surface area contributed by atoms with Crippen LogP contribution < -0.4 is 10.6 Å². The van der Waals surface area contributed by atoms with Crippen molar-refractivity contribution in [2.24, 2.45) is 0 Å². The predicted octanol–water partition coefficient (Wildman–Crippen LogP) is 2.06. The van der Waals surface area contributed by atoms with Gasteiger partial charge in [0, 0.05) is 13.1 Å². The van der Waals surface area contributed by atoms with Crippen molar-refractivity contribution in [3.63, 3.8) is 0 Å². The lowest BCUT2D eigenvalue weighted by molar-refractivity contribution is -0.0749. The van der Waals surface area contributed by atoms with Crippen LogP contribution >= 0.6 is 0 Å². The van der Waals surface area contributed by atoms with Crippen molar-refractivity contribution in [3.05, 3.63) is 23.8 Å². The molecule has 110 valence electrons. The first kappa shape index (κ1) is 14.7. The van der Waals surface area contributed by atoms with Gasteiger partial charge in [-0.25, -0.2) is 4.79 Å². The van der Waals surface area contributed by atoms with Crippen LogP contribution in [0.1, 0.15) is 31.1 Å². The van der Waals surface area contributed by atoms with Crippen molar-refractivity contribution in [1.82, 2.24) is 0 Å². The average Bonchev–Trinajstić information content (AvgIpc) is 2.36. The first-order valence-corrected chi connectivity index (χ1v) is 6.73. The molecule has 1 atom stereocenters. The van der Waals surface area contributed by atoms with Gasteiger partial charge in [-0.1, -0.05) is 0 Å². The van der Waals surface area contributed by atoms with Gasteiger partial charge in [0.05, 0.1) is 35.8 Å². The topological polar surface area (TPSA) is 64.8 Å². The van der Waals surface area contributed by atoms with Crippen LogP contribution in [0, 0.1) is 0 Å². The van der Waals surface area contributed by atoms with Crippen molar-refractivity contribution < 1.29 is 14.3 Å². The zero-order valence-electron chi connectivity index (χ0n) is 12.5. The van der Waals surface area contributed by atoms with E-state index in [2.05, 4.69) is 18.7 Å². The molecular formula is C15H22N2O3. The van der Waals surface area contributed by atoms with Gasteiger partial charge in [0.1, 0.15) is 0 Å². The van der Waals surface area contributed by atoms with Crippen LogP contribution in [0.25, 0.3) is 0 Å². The summed E-state index contributed by atoms with van der Waals surface area (Å²) in [5.41, 5.74) is 7.84. The number of hydrogen-bond acceptors (Lipinski definition) is 5. The van der Waals surface area contributed by atoms with Crippen LogP contribution in [0.4, 0.5) is 11.4 Å². The SMILES string of the molecule is COC(=O)c1ccc(N)c(N2CC(C)OC(C)(C)C2)c1. The zero-order chi connectivity index (χ0) is 14.9. The van der Waals surface area contributed by atoms with E-state index in [1.54, 1.807) is 18.2 Å². The van der Waals surface area contributed by atoms with Crippen LogP contribution in [0.5, 0.6) is 0 Å². The van der Waals surface area contributed by atoms with Crippen molar-refractivity contribution in [2.45, 2.75) is 32.5 Å². The number of hydrogen-bond donors (Lipinski definition) is 1. The second kappa shape index (κ2) is 5.32. The molecule has 5 heteroatoms. The van der Waals surface area contributed by atoms with Crippen LogP contribution in [0.15, 0.2) is 18.2 Å². The molecule has 1 unspecified atom stereocenters. The number of carbonyl (C=O) groups excluding carboxylic acids is 1. The lowest BCUT2D eigenvalue weighted by Gasteiger charge is -2.43. The van der Waals surface area contributed by atoms with Crippen LogP contribution in [-0.4, -0.2) is 37.9 Å². The van der Waals surface area contributed by atoms with Crippen molar-refractivity contribution in [2.75, 3.05) is 30.8 Å². The highest BCUT2D eigenvalue weighted by Crippen LogP contribution is 2.30. The summed E-state index contributed by atoms with van der Waals surface area (Å²) in [6.07, 6.45) is 0.111. The number of esters is 1. The maximum absolute atomic E-state index is 11.6. The standard InChI is InChI=1S/C15H22N2O3/c1-10-8-17(9-15(2,3)20-10)13-7-11(14(18)19-4)5-6-12(13)16/h5-7,10H,8-9,16H2,1-4H3. The summed E-state index contributed by atoms with van der Waals surface area (Å²) >= 11 is 0. The van der Waals surface area contributed by atoms with Crippen molar-refractivity contribution in [1.29, 1.82) is 0 Å². The first-order chi connectivity index (χ1) is 9.32. The number of methoxy groups -OCH3 is 1. The largest absolute Gasteiger partial charge is 0.465 e. The summed E-state index contributed by atoms with van der Waals surface area (Å²) in [6.45, 7) is 7.62. The van der Waals surface area contributed by atoms with Gasteiger partial charge in [-0.05, 0) is 39.0 Å². The molecule has 20 heavy (non-hydrogen) atoms. The van der Waals surface area contributed by atoms with Gasteiger partial charge in [0.25, 0.3) is 0 Å². The molecule has 5 nitrogen and oxygen atoms in total. The molecule has 1 aromatic rings. The first-order valence-electron chi connectivity index (χ1n) is 6.73. The lowest BCUT2D eigenvalue weighted by Crippen LogP contribution is -2.52. The van der Waals surface area contributed by atoms with E-state index < -0.39 is 0 Å². The molecule has 1 fully saturated rings. The number of morpholine rings is 1. The van der Waals surface area contributed by atoms with Crippen LogP contribution in [0.3, 0.4) is 0 Å². The van der Waals surface area contributed by atoms with Gasteiger partial charge in [0.15, 0.2) is 0 Å². The van der Waals surface area contributed by atoms with Gasteiger partial charge >= 0.3 is 5.97 Å². The molecule has 0 aliphatic carbocycles. The Morgan fingerprint density at radius 1 is 1.50 bits per heavy atom. The molecular weight excluding hydrogens is 256 g/mol. The Balaban J connectivity index is 2.33. The summed E-state index contributed by atoms with van der Waals surface area (Å²) in [5, 5.41) is 0. The molecule has 0 bridgehead atoms. The van der Waals surface area contributed by atoms with Gasteiger partial charge in [0.2, 0.25) is 0 Å². The number of anilines is 2. The Labute approximate surface area is 119 Å². The van der Waals surface area contributed by atoms with E-state index in [1.165, 1.54) is 7.11 Å². The zero-order valence-corrected chi connectivity index (χ0v) is 12.5. The maximum atomic E-state index is 11.6. The third kappa shape index (κ3) is 3.04. The highest BCUT2D eigenvalue weighted by atomic mass is 16.5. The van der Waals surface area contributed by atoms with E-state index in [9.17, 15) is 4.79 Å². The second-order valence-corrected chi connectivity index (χ2v) is 5.83. The minimum absolute atomic E-state index is 0.111. The quantitative estimate of drug-likeness (QED) is 0.662. The number of nitrogens with two attached hydrogens (primary N) is 1. The van der Waals surface area contributed by atoms with Crippen molar-refractivity contribution >= 4 is 17.3 Å². The predicted molar refractivity (Wildman–Crippen MR) is 79.0 cm³/mol. The third-order valence-corrected chi connectivity index (χ3v) is 3.36. The number of carbonyl (C=O) groups is 1. The number of nitrogens with zero attached hydrogens (tertiary/aromatic N) is 1. The second-order valence-electron chi connectivity index (χ2n) is 5.83. The highest BCUT2D eigenvalue weighted by Gasteiger charge is 2.32. The van der Waals surface area contributed by atoms with Gasteiger partial charge in [-0.3, -0.25) is 0 Å². The fraction of sp³-hybridized carbons (Fsp3) is 0.533. The summed E-state index contributed by atoms with van der Waals surface area (Å²) in [6, 6.07) is 5.21. The average molecular weight is 278 g/mol. The van der Waals surface area contributed by atoms with Gasteiger partial charge in [-0.2, -0.15) is 0 Å². The van der Waals surface area contributed by atoms with Crippen molar-refractivity contribution in [3.8, 4) is 0 Å². The van der Waals surface area contributed by atoms with E-state index in [0.29, 0.717) is 11.3 Å². The molecule has 1 saturated heterocycles. The number of ether oxygens (including phenoxy) is 2. The van der Waals surface area contributed by atoms with Crippen LogP contribution in [0.2, 0.25) is 0 Å². The highest BCUT2D eigenvalue weighted by molar-refractivity contribution is 5.92. The number of rotatable bonds is 2. The van der Waals surface area contributed by atoms with E-state index in [1.807, 2.05) is 6.92 Å². The summed E-state index contributed by atoms with van der Waals surface area (Å²) in [4.78, 5) is 13.8. The normalized spacial score (nSPS) is 21.6. The molecule has 1 aliphatic rings. The molecule has 1 heterocycles. The fourth-order valence-electron chi connectivity index (χ4n) is 2.70. The number of benzene rings is 1. The Bertz CT molecular complexity index is 514. The molecule has 0 spiro atoms. The van der Waals surface area contributed by atoms with E-state index >= 15 is 0 Å². The lowest BCUT2D eigenvalue weighted by atomic mass is 10.0. The smallest absolute Gasteiger partial charge is 0.337 e. The molecule has 2 N–H and O–H groups in total. The van der Waals surface area contributed by atoms with E-state index in [4.69, 9.17) is 15.2 Å². The Hall–Kier alpha value is -1.75. The molecule has 0 aromatic heterocycles. The molecule has 2 rings (SSSR count).